The van der Waals surface area contributed by atoms with Crippen LogP contribution in [-0.2, 0) is 14.3 Å². The molecule has 0 heterocycles. The molecule has 3 amide bonds. The average Bonchev–Trinajstić information content (AvgIpc) is 2.79. The highest BCUT2D eigenvalue weighted by atomic mass is 35.5. The monoisotopic (exact) mass is 542 g/mol. The van der Waals surface area contributed by atoms with E-state index < -0.39 is 42.1 Å². The van der Waals surface area contributed by atoms with Gasteiger partial charge in [-0.3, -0.25) is 9.59 Å². The lowest BCUT2D eigenvalue weighted by atomic mass is 9.99. The van der Waals surface area contributed by atoms with Crippen LogP contribution in [0.5, 0.6) is 5.75 Å². The van der Waals surface area contributed by atoms with Crippen LogP contribution in [0.1, 0.15) is 58.2 Å². The van der Waals surface area contributed by atoms with E-state index >= 15 is 0 Å². The highest BCUT2D eigenvalue weighted by Gasteiger charge is 2.37. The predicted octanol–water partition coefficient (Wildman–Crippen LogP) is 5.33. The van der Waals surface area contributed by atoms with Gasteiger partial charge in [-0.25, -0.2) is 4.79 Å². The summed E-state index contributed by atoms with van der Waals surface area (Å²) in [5.41, 5.74) is 0.539. The van der Waals surface area contributed by atoms with Gasteiger partial charge in [0.15, 0.2) is 0 Å². The molecule has 2 aromatic rings. The molecule has 0 bridgehead atoms. The first-order chi connectivity index (χ1) is 17.7. The van der Waals surface area contributed by atoms with Crippen LogP contribution in [0.3, 0.4) is 0 Å². The number of carbonyl (C=O) groups is 3. The Morgan fingerprint density at radius 1 is 1.16 bits per heavy atom. The number of benzene rings is 2. The lowest BCUT2D eigenvalue weighted by Gasteiger charge is -2.33. The number of aromatic hydroxyl groups is 1. The fourth-order valence-corrected chi connectivity index (χ4v) is 4.13. The van der Waals surface area contributed by atoms with Crippen molar-refractivity contribution in [2.24, 2.45) is 5.92 Å². The highest BCUT2D eigenvalue weighted by molar-refractivity contribution is 6.34. The number of hydrogen-bond donors (Lipinski definition) is 3. The number of ether oxygens (including phenoxy) is 1. The van der Waals surface area contributed by atoms with Gasteiger partial charge in [0.25, 0.3) is 5.91 Å². The second kappa shape index (κ2) is 13.2. The molecule has 0 saturated heterocycles. The van der Waals surface area contributed by atoms with E-state index in [1.165, 1.54) is 18.2 Å². The maximum Gasteiger partial charge on any atom is 0.408 e. The normalized spacial score (nSPS) is 12.7. The smallest absolute Gasteiger partial charge is 0.408 e. The van der Waals surface area contributed by atoms with Crippen LogP contribution in [0.15, 0.2) is 42.5 Å². The summed E-state index contributed by atoms with van der Waals surface area (Å²) in [4.78, 5) is 41.3. The lowest BCUT2D eigenvalue weighted by molar-refractivity contribution is -0.140. The molecule has 2 unspecified atom stereocenters. The Morgan fingerprint density at radius 2 is 1.82 bits per heavy atom. The van der Waals surface area contributed by atoms with Crippen LogP contribution >= 0.6 is 11.6 Å². The van der Waals surface area contributed by atoms with Gasteiger partial charge in [0.05, 0.1) is 16.8 Å². The lowest BCUT2D eigenvalue weighted by Crippen LogP contribution is -2.53. The Bertz CT molecular complexity index is 1180. The molecule has 0 aliphatic rings. The fourth-order valence-electron chi connectivity index (χ4n) is 3.87. The van der Waals surface area contributed by atoms with Gasteiger partial charge in [0, 0.05) is 0 Å². The number of phenolic OH excluding ortho intramolecular Hbond substituents is 1. The second-order valence-electron chi connectivity index (χ2n) is 10.4. The number of rotatable bonds is 9. The minimum atomic E-state index is -1.32. The SMILES string of the molecule is Cc1cccc(Cl)c1NC(=O)C(c1cccc(O)c1)N(CC#N)C(=O)C(CC(C)C)NC(=O)OC(C)(C)C. The molecule has 204 valence electrons. The van der Waals surface area contributed by atoms with Gasteiger partial charge in [0.1, 0.15) is 30.0 Å². The van der Waals surface area contributed by atoms with Crippen molar-refractivity contribution in [1.29, 1.82) is 5.26 Å². The summed E-state index contributed by atoms with van der Waals surface area (Å²) in [6, 6.07) is 10.6. The number of nitrogens with one attached hydrogen (secondary N) is 2. The molecule has 0 aliphatic carbocycles. The van der Waals surface area contributed by atoms with Crippen LogP contribution in [0.4, 0.5) is 10.5 Å². The Morgan fingerprint density at radius 3 is 2.37 bits per heavy atom. The number of halogens is 1. The van der Waals surface area contributed by atoms with E-state index in [2.05, 4.69) is 10.6 Å². The number of amides is 3. The van der Waals surface area contributed by atoms with Gasteiger partial charge in [-0.05, 0) is 69.4 Å². The van der Waals surface area contributed by atoms with E-state index in [0.717, 1.165) is 4.90 Å². The molecule has 0 aliphatic heterocycles. The number of carbonyl (C=O) groups excluding carboxylic acids is 3. The van der Waals surface area contributed by atoms with Gasteiger partial charge in [-0.15, -0.1) is 0 Å². The molecular weight excluding hydrogens is 508 g/mol. The number of para-hydroxylation sites is 1. The van der Waals surface area contributed by atoms with Crippen molar-refractivity contribution in [2.45, 2.75) is 65.6 Å². The molecule has 0 saturated carbocycles. The molecule has 2 aromatic carbocycles. The first-order valence-electron chi connectivity index (χ1n) is 12.2. The van der Waals surface area contributed by atoms with E-state index in [4.69, 9.17) is 16.3 Å². The third kappa shape index (κ3) is 8.67. The Labute approximate surface area is 228 Å². The molecule has 2 rings (SSSR count). The first-order valence-corrected chi connectivity index (χ1v) is 12.6. The zero-order valence-electron chi connectivity index (χ0n) is 22.5. The van der Waals surface area contributed by atoms with E-state index in [9.17, 15) is 24.8 Å². The van der Waals surface area contributed by atoms with Crippen molar-refractivity contribution in [2.75, 3.05) is 11.9 Å². The topological polar surface area (TPSA) is 132 Å². The van der Waals surface area contributed by atoms with E-state index in [1.807, 2.05) is 19.9 Å². The third-order valence-electron chi connectivity index (χ3n) is 5.44. The number of phenols is 1. The molecule has 0 radical (unpaired) electrons. The average molecular weight is 543 g/mol. The van der Waals surface area contributed by atoms with Crippen molar-refractivity contribution >= 4 is 35.2 Å². The number of nitriles is 1. The number of anilines is 1. The summed E-state index contributed by atoms with van der Waals surface area (Å²) >= 11 is 6.32. The van der Waals surface area contributed by atoms with E-state index in [-0.39, 0.29) is 23.7 Å². The molecule has 3 N–H and O–H groups in total. The fraction of sp³-hybridized carbons (Fsp3) is 0.429. The summed E-state index contributed by atoms with van der Waals surface area (Å²) in [5.74, 6) is -1.42. The number of hydrogen-bond acceptors (Lipinski definition) is 6. The van der Waals surface area contributed by atoms with E-state index in [1.54, 1.807) is 52.0 Å². The van der Waals surface area contributed by atoms with Gasteiger partial charge in [-0.1, -0.05) is 49.7 Å². The van der Waals surface area contributed by atoms with Crippen LogP contribution in [-0.4, -0.2) is 46.1 Å². The first kappa shape index (κ1) is 30.5. The summed E-state index contributed by atoms with van der Waals surface area (Å²) in [5, 5.41) is 25.4. The molecule has 0 spiro atoms. The highest BCUT2D eigenvalue weighted by Crippen LogP contribution is 2.30. The van der Waals surface area contributed by atoms with Crippen molar-refractivity contribution in [3.05, 3.63) is 58.6 Å². The van der Waals surface area contributed by atoms with Crippen molar-refractivity contribution in [3.8, 4) is 11.8 Å². The molecular formula is C28H35ClN4O5. The maximum atomic E-state index is 13.9. The maximum absolute atomic E-state index is 13.9. The summed E-state index contributed by atoms with van der Waals surface area (Å²) in [6.07, 6.45) is -0.559. The molecule has 9 nitrogen and oxygen atoms in total. The van der Waals surface area contributed by atoms with E-state index in [0.29, 0.717) is 16.3 Å². The van der Waals surface area contributed by atoms with Crippen LogP contribution in [0.2, 0.25) is 5.02 Å². The molecule has 38 heavy (non-hydrogen) atoms. The largest absolute Gasteiger partial charge is 0.508 e. The number of aryl methyl sites for hydroxylation is 1. The summed E-state index contributed by atoms with van der Waals surface area (Å²) in [6.45, 7) is 10.2. The van der Waals surface area contributed by atoms with Crippen LogP contribution in [0.25, 0.3) is 0 Å². The molecule has 10 heteroatoms. The number of alkyl carbamates (subject to hydrolysis) is 1. The van der Waals surface area contributed by atoms with Crippen molar-refractivity contribution in [3.63, 3.8) is 0 Å². The Hall–Kier alpha value is -3.77. The van der Waals surface area contributed by atoms with Crippen LogP contribution < -0.4 is 10.6 Å². The van der Waals surface area contributed by atoms with Crippen molar-refractivity contribution < 1.29 is 24.2 Å². The standard InChI is InChI=1S/C28H35ClN4O5/c1-17(2)15-22(31-27(37)38-28(4,5)6)26(36)33(14-13-30)24(19-10-8-11-20(34)16-19)25(35)32-23-18(3)9-7-12-21(23)29/h7-12,16-17,22,24,34H,14-15H2,1-6H3,(H,31,37)(H,32,35). The van der Waals surface area contributed by atoms with Gasteiger partial charge < -0.3 is 25.4 Å². The summed E-state index contributed by atoms with van der Waals surface area (Å²) in [7, 11) is 0. The van der Waals surface area contributed by atoms with Gasteiger partial charge in [-0.2, -0.15) is 5.26 Å². The second-order valence-corrected chi connectivity index (χ2v) is 10.8. The predicted molar refractivity (Wildman–Crippen MR) is 146 cm³/mol. The minimum Gasteiger partial charge on any atom is -0.508 e. The minimum absolute atomic E-state index is 0.0124. The zero-order chi connectivity index (χ0) is 28.6. The molecule has 0 aromatic heterocycles. The van der Waals surface area contributed by atoms with Crippen LogP contribution in [0, 0.1) is 24.2 Å². The Balaban J connectivity index is 2.55. The quantitative estimate of drug-likeness (QED) is 0.367. The van der Waals surface area contributed by atoms with Crippen molar-refractivity contribution in [1.82, 2.24) is 10.2 Å². The van der Waals surface area contributed by atoms with Gasteiger partial charge in [0.2, 0.25) is 5.91 Å². The molecule has 0 fully saturated rings. The number of nitrogens with zero attached hydrogens (tertiary/aromatic N) is 2. The Kier molecular flexibility index (Phi) is 10.5. The molecule has 2 atom stereocenters. The van der Waals surface area contributed by atoms with Gasteiger partial charge >= 0.3 is 6.09 Å². The summed E-state index contributed by atoms with van der Waals surface area (Å²) < 4.78 is 5.34. The third-order valence-corrected chi connectivity index (χ3v) is 5.75. The zero-order valence-corrected chi connectivity index (χ0v) is 23.3.